The van der Waals surface area contributed by atoms with Gasteiger partial charge in [-0.05, 0) is 31.5 Å². The number of aryl methyl sites for hydroxylation is 1. The predicted molar refractivity (Wildman–Crippen MR) is 67.1 cm³/mol. The molecule has 0 aromatic carbocycles. The average Bonchev–Trinajstić information content (AvgIpc) is 2.61. The van der Waals surface area contributed by atoms with Gasteiger partial charge in [-0.2, -0.15) is 5.10 Å². The maximum absolute atomic E-state index is 5.44. The number of aromatic amines is 1. The highest BCUT2D eigenvalue weighted by Gasteiger charge is 2.04. The van der Waals surface area contributed by atoms with Gasteiger partial charge in [0.15, 0.2) is 4.77 Å². The Morgan fingerprint density at radius 1 is 1.31 bits per heavy atom. The monoisotopic (exact) mass is 243 g/mol. The first-order valence-corrected chi connectivity index (χ1v) is 6.42. The molecule has 0 aliphatic heterocycles. The van der Waals surface area contributed by atoms with E-state index >= 15 is 0 Å². The van der Waals surface area contributed by atoms with Crippen molar-refractivity contribution in [3.05, 3.63) is 10.6 Å². The van der Waals surface area contributed by atoms with Crippen LogP contribution in [0.4, 0.5) is 0 Å². The second kappa shape index (κ2) is 7.57. The van der Waals surface area contributed by atoms with E-state index in [1.54, 1.807) is 0 Å². The number of nitrogens with one attached hydrogen (secondary N) is 1. The Balaban J connectivity index is 2.40. The number of H-pyrrole nitrogens is 1. The van der Waals surface area contributed by atoms with Crippen LogP contribution in [0.15, 0.2) is 0 Å². The van der Waals surface area contributed by atoms with Crippen molar-refractivity contribution >= 4 is 12.2 Å². The Labute approximate surface area is 102 Å². The van der Waals surface area contributed by atoms with Crippen molar-refractivity contribution < 1.29 is 4.74 Å². The summed E-state index contributed by atoms with van der Waals surface area (Å²) >= 11 is 5.19. The van der Waals surface area contributed by atoms with Crippen LogP contribution in [-0.4, -0.2) is 28.0 Å². The second-order valence-electron chi connectivity index (χ2n) is 3.81. The van der Waals surface area contributed by atoms with Crippen LogP contribution < -0.4 is 0 Å². The summed E-state index contributed by atoms with van der Waals surface area (Å²) in [5, 5.41) is 7.07. The fourth-order valence-corrected chi connectivity index (χ4v) is 1.81. The Hall–Kier alpha value is -0.680. The lowest BCUT2D eigenvalue weighted by Crippen LogP contribution is -2.07. The molecule has 0 bridgehead atoms. The van der Waals surface area contributed by atoms with Crippen molar-refractivity contribution in [3.63, 3.8) is 0 Å². The number of ether oxygens (including phenoxy) is 1. The van der Waals surface area contributed by atoms with E-state index in [0.29, 0.717) is 0 Å². The lowest BCUT2D eigenvalue weighted by atomic mass is 10.3. The highest BCUT2D eigenvalue weighted by atomic mass is 32.1. The third kappa shape index (κ3) is 4.06. The highest BCUT2D eigenvalue weighted by molar-refractivity contribution is 7.71. The van der Waals surface area contributed by atoms with E-state index in [-0.39, 0.29) is 0 Å². The topological polar surface area (TPSA) is 42.8 Å². The number of hydrogen-bond acceptors (Lipinski definition) is 3. The average molecular weight is 243 g/mol. The first-order valence-electron chi connectivity index (χ1n) is 6.01. The molecule has 0 aliphatic carbocycles. The molecule has 0 saturated heterocycles. The number of aromatic nitrogens is 3. The van der Waals surface area contributed by atoms with E-state index in [1.807, 2.05) is 0 Å². The molecule has 4 nitrogen and oxygen atoms in total. The van der Waals surface area contributed by atoms with Gasteiger partial charge in [-0.25, -0.2) is 0 Å². The molecule has 0 radical (unpaired) electrons. The molecule has 1 N–H and O–H groups in total. The van der Waals surface area contributed by atoms with Crippen molar-refractivity contribution in [1.82, 2.24) is 14.8 Å². The zero-order chi connectivity index (χ0) is 11.8. The Morgan fingerprint density at radius 3 is 2.81 bits per heavy atom. The summed E-state index contributed by atoms with van der Waals surface area (Å²) in [6.45, 7) is 6.80. The van der Waals surface area contributed by atoms with Gasteiger partial charge in [0.25, 0.3) is 0 Å². The lowest BCUT2D eigenvalue weighted by molar-refractivity contribution is 0.129. The minimum Gasteiger partial charge on any atom is -0.381 e. The standard InChI is InChI=1S/C11H21N3OS/c1-3-6-10-12-13-11(16)14(10)7-5-9-15-8-4-2/h3-9H2,1-2H3,(H,13,16). The minimum atomic E-state index is 0.721. The Bertz CT molecular complexity index is 345. The highest BCUT2D eigenvalue weighted by Crippen LogP contribution is 2.03. The fourth-order valence-electron chi connectivity index (χ4n) is 1.57. The van der Waals surface area contributed by atoms with Gasteiger partial charge in [-0.1, -0.05) is 13.8 Å². The molecule has 0 aliphatic rings. The van der Waals surface area contributed by atoms with Gasteiger partial charge in [0.05, 0.1) is 0 Å². The molecule has 0 unspecified atom stereocenters. The van der Waals surface area contributed by atoms with Crippen molar-refractivity contribution in [2.75, 3.05) is 13.2 Å². The summed E-state index contributed by atoms with van der Waals surface area (Å²) in [5.74, 6) is 1.06. The quantitative estimate of drug-likeness (QED) is 0.564. The van der Waals surface area contributed by atoms with E-state index in [4.69, 9.17) is 17.0 Å². The van der Waals surface area contributed by atoms with Crippen molar-refractivity contribution in [3.8, 4) is 0 Å². The summed E-state index contributed by atoms with van der Waals surface area (Å²) in [5.41, 5.74) is 0. The van der Waals surface area contributed by atoms with Crippen LogP contribution in [0.25, 0.3) is 0 Å². The molecule has 1 heterocycles. The van der Waals surface area contributed by atoms with E-state index < -0.39 is 0 Å². The Morgan fingerprint density at radius 2 is 2.12 bits per heavy atom. The van der Waals surface area contributed by atoms with E-state index in [0.717, 1.165) is 56.0 Å². The zero-order valence-corrected chi connectivity index (χ0v) is 11.0. The molecule has 5 heteroatoms. The molecule has 16 heavy (non-hydrogen) atoms. The van der Waals surface area contributed by atoms with Crippen molar-refractivity contribution in [1.29, 1.82) is 0 Å². The summed E-state index contributed by atoms with van der Waals surface area (Å²) in [6, 6.07) is 0. The largest absolute Gasteiger partial charge is 0.381 e. The van der Waals surface area contributed by atoms with Crippen LogP contribution in [0.5, 0.6) is 0 Å². The van der Waals surface area contributed by atoms with Crippen LogP contribution in [0.2, 0.25) is 0 Å². The van der Waals surface area contributed by atoms with Gasteiger partial charge in [-0.15, -0.1) is 0 Å². The molecule has 92 valence electrons. The predicted octanol–water partition coefficient (Wildman–Crippen LogP) is 2.71. The van der Waals surface area contributed by atoms with E-state index in [9.17, 15) is 0 Å². The van der Waals surface area contributed by atoms with Gasteiger partial charge in [0.2, 0.25) is 0 Å². The first kappa shape index (κ1) is 13.4. The maximum atomic E-state index is 5.44. The van der Waals surface area contributed by atoms with Gasteiger partial charge in [-0.3, -0.25) is 5.10 Å². The molecule has 0 saturated carbocycles. The van der Waals surface area contributed by atoms with Crippen molar-refractivity contribution in [2.45, 2.75) is 46.1 Å². The van der Waals surface area contributed by atoms with Crippen LogP contribution in [0.1, 0.15) is 38.9 Å². The van der Waals surface area contributed by atoms with Gasteiger partial charge in [0.1, 0.15) is 5.82 Å². The fraction of sp³-hybridized carbons (Fsp3) is 0.818. The number of hydrogen-bond donors (Lipinski definition) is 1. The van der Waals surface area contributed by atoms with E-state index in [1.165, 1.54) is 0 Å². The normalized spacial score (nSPS) is 10.9. The van der Waals surface area contributed by atoms with Gasteiger partial charge < -0.3 is 9.30 Å². The van der Waals surface area contributed by atoms with E-state index in [2.05, 4.69) is 28.6 Å². The molecule has 0 atom stereocenters. The molecule has 0 fully saturated rings. The third-order valence-electron chi connectivity index (χ3n) is 2.33. The molecule has 1 aromatic heterocycles. The molecule has 1 aromatic rings. The molecule has 0 spiro atoms. The van der Waals surface area contributed by atoms with Crippen LogP contribution >= 0.6 is 12.2 Å². The van der Waals surface area contributed by atoms with Crippen LogP contribution in [0.3, 0.4) is 0 Å². The number of nitrogens with zero attached hydrogens (tertiary/aromatic N) is 2. The SMILES string of the molecule is CCCOCCCn1c(CCC)n[nH]c1=S. The van der Waals surface area contributed by atoms with Gasteiger partial charge in [0, 0.05) is 26.2 Å². The summed E-state index contributed by atoms with van der Waals surface area (Å²) in [4.78, 5) is 0. The maximum Gasteiger partial charge on any atom is 0.195 e. The molecular formula is C11H21N3OS. The second-order valence-corrected chi connectivity index (χ2v) is 4.20. The summed E-state index contributed by atoms with van der Waals surface area (Å²) < 4.78 is 8.24. The number of rotatable bonds is 8. The zero-order valence-electron chi connectivity index (χ0n) is 10.2. The summed E-state index contributed by atoms with van der Waals surface area (Å²) in [7, 11) is 0. The molecular weight excluding hydrogens is 222 g/mol. The summed E-state index contributed by atoms with van der Waals surface area (Å²) in [6.07, 6.45) is 4.13. The minimum absolute atomic E-state index is 0.721. The molecule has 1 rings (SSSR count). The van der Waals surface area contributed by atoms with Crippen LogP contribution in [-0.2, 0) is 17.7 Å². The Kier molecular flexibility index (Phi) is 6.33. The van der Waals surface area contributed by atoms with Gasteiger partial charge >= 0.3 is 0 Å². The molecule has 0 amide bonds. The van der Waals surface area contributed by atoms with Crippen molar-refractivity contribution in [2.24, 2.45) is 0 Å². The smallest absolute Gasteiger partial charge is 0.195 e. The van der Waals surface area contributed by atoms with Crippen LogP contribution in [0, 0.1) is 4.77 Å². The third-order valence-corrected chi connectivity index (χ3v) is 2.64. The first-order chi connectivity index (χ1) is 7.79. The lowest BCUT2D eigenvalue weighted by Gasteiger charge is -2.06.